The molecule has 1 atom stereocenters. The standard InChI is InChI=1S/C20H20N4O2/c1-13-5-7-17-18(9-13)23-24(22-17)12-20(3,26)19(25)11-15-6-8-16(21-4)14(2)10-15/h5-10,26H,11-12H2,1-3H3/t20-/m0/s1. The number of Topliss-reactive ketones (excluding diaryl/α,β-unsaturated/α-hetero) is 1. The summed E-state index contributed by atoms with van der Waals surface area (Å²) < 4.78 is 0. The van der Waals surface area contributed by atoms with Gasteiger partial charge in [0.25, 0.3) is 0 Å². The number of aryl methyl sites for hydroxylation is 2. The number of benzene rings is 2. The predicted molar refractivity (Wildman–Crippen MR) is 99.0 cm³/mol. The van der Waals surface area contributed by atoms with Crippen molar-refractivity contribution in [1.82, 2.24) is 15.0 Å². The van der Waals surface area contributed by atoms with Crippen molar-refractivity contribution in [1.29, 1.82) is 0 Å². The second kappa shape index (κ2) is 6.70. The molecule has 26 heavy (non-hydrogen) atoms. The molecule has 0 aliphatic heterocycles. The van der Waals surface area contributed by atoms with Gasteiger partial charge in [-0.15, -0.1) is 0 Å². The van der Waals surface area contributed by atoms with Crippen molar-refractivity contribution in [3.8, 4) is 0 Å². The first kappa shape index (κ1) is 17.8. The van der Waals surface area contributed by atoms with Crippen molar-refractivity contribution in [3.05, 3.63) is 64.5 Å². The molecule has 1 N–H and O–H groups in total. The molecule has 0 aliphatic rings. The molecule has 3 rings (SSSR count). The van der Waals surface area contributed by atoms with Crippen LogP contribution in [-0.4, -0.2) is 31.5 Å². The Balaban J connectivity index is 1.76. The SMILES string of the molecule is [C-]#[N+]c1ccc(CC(=O)[C@@](C)(O)Cn2nc3ccc(C)cc3n2)cc1C. The number of hydrogen-bond acceptors (Lipinski definition) is 4. The lowest BCUT2D eigenvalue weighted by atomic mass is 9.94. The van der Waals surface area contributed by atoms with Crippen molar-refractivity contribution < 1.29 is 9.90 Å². The molecule has 0 unspecified atom stereocenters. The Hall–Kier alpha value is -3.04. The van der Waals surface area contributed by atoms with E-state index in [1.807, 2.05) is 38.1 Å². The quantitative estimate of drug-likeness (QED) is 0.719. The van der Waals surface area contributed by atoms with Crippen LogP contribution < -0.4 is 0 Å². The number of carbonyl (C=O) groups is 1. The number of fused-ring (bicyclic) bond motifs is 1. The van der Waals surface area contributed by atoms with Crippen LogP contribution in [0.1, 0.15) is 23.6 Å². The first-order valence-electron chi connectivity index (χ1n) is 8.33. The Morgan fingerprint density at radius 3 is 2.62 bits per heavy atom. The van der Waals surface area contributed by atoms with Crippen LogP contribution in [0.3, 0.4) is 0 Å². The van der Waals surface area contributed by atoms with Gasteiger partial charge in [0.1, 0.15) is 16.6 Å². The van der Waals surface area contributed by atoms with Crippen LogP contribution in [-0.2, 0) is 17.8 Å². The average molecular weight is 348 g/mol. The molecule has 0 fully saturated rings. The Morgan fingerprint density at radius 1 is 1.19 bits per heavy atom. The lowest BCUT2D eigenvalue weighted by Crippen LogP contribution is -2.41. The summed E-state index contributed by atoms with van der Waals surface area (Å²) in [6.45, 7) is 12.4. The van der Waals surface area contributed by atoms with Gasteiger partial charge in [0, 0.05) is 6.42 Å². The number of rotatable bonds is 5. The summed E-state index contributed by atoms with van der Waals surface area (Å²) in [5.41, 5.74) is 3.11. The van der Waals surface area contributed by atoms with Gasteiger partial charge in [-0.25, -0.2) is 4.85 Å². The van der Waals surface area contributed by atoms with E-state index in [0.717, 1.165) is 27.7 Å². The molecular formula is C20H20N4O2. The highest BCUT2D eigenvalue weighted by Crippen LogP contribution is 2.21. The van der Waals surface area contributed by atoms with Gasteiger partial charge < -0.3 is 5.11 Å². The van der Waals surface area contributed by atoms with Crippen molar-refractivity contribution >= 4 is 22.5 Å². The van der Waals surface area contributed by atoms with Gasteiger partial charge >= 0.3 is 0 Å². The first-order chi connectivity index (χ1) is 12.3. The van der Waals surface area contributed by atoms with Crippen LogP contribution >= 0.6 is 0 Å². The maximum absolute atomic E-state index is 12.6. The van der Waals surface area contributed by atoms with Crippen LogP contribution in [0.5, 0.6) is 0 Å². The van der Waals surface area contributed by atoms with Gasteiger partial charge in [0.15, 0.2) is 11.5 Å². The lowest BCUT2D eigenvalue weighted by Gasteiger charge is -2.21. The van der Waals surface area contributed by atoms with E-state index < -0.39 is 5.60 Å². The zero-order valence-corrected chi connectivity index (χ0v) is 15.0. The summed E-state index contributed by atoms with van der Waals surface area (Å²) in [6.07, 6.45) is 0.0893. The zero-order valence-electron chi connectivity index (χ0n) is 15.0. The second-order valence-electron chi connectivity index (χ2n) is 6.83. The van der Waals surface area contributed by atoms with E-state index in [2.05, 4.69) is 15.0 Å². The Labute approximate surface area is 151 Å². The van der Waals surface area contributed by atoms with Crippen LogP contribution in [0.4, 0.5) is 5.69 Å². The normalized spacial score (nSPS) is 13.3. The van der Waals surface area contributed by atoms with Gasteiger partial charge in [-0.2, -0.15) is 15.0 Å². The molecule has 0 bridgehead atoms. The molecule has 0 aliphatic carbocycles. The van der Waals surface area contributed by atoms with E-state index in [-0.39, 0.29) is 18.7 Å². The van der Waals surface area contributed by atoms with Crippen LogP contribution in [0.25, 0.3) is 15.9 Å². The smallest absolute Gasteiger partial charge is 0.190 e. The molecule has 1 heterocycles. The van der Waals surface area contributed by atoms with Crippen LogP contribution in [0, 0.1) is 20.4 Å². The summed E-state index contributed by atoms with van der Waals surface area (Å²) in [4.78, 5) is 17.4. The minimum atomic E-state index is -1.59. The zero-order chi connectivity index (χ0) is 18.9. The summed E-state index contributed by atoms with van der Waals surface area (Å²) in [5, 5.41) is 19.3. The molecule has 0 spiro atoms. The summed E-state index contributed by atoms with van der Waals surface area (Å²) in [5.74, 6) is -0.315. The largest absolute Gasteiger partial charge is 0.380 e. The van der Waals surface area contributed by atoms with E-state index in [1.54, 1.807) is 12.1 Å². The number of nitrogens with zero attached hydrogens (tertiary/aromatic N) is 4. The average Bonchev–Trinajstić information content (AvgIpc) is 2.95. The highest BCUT2D eigenvalue weighted by molar-refractivity contribution is 5.88. The maximum atomic E-state index is 12.6. The Bertz CT molecular complexity index is 1030. The summed E-state index contributed by atoms with van der Waals surface area (Å²) in [7, 11) is 0. The van der Waals surface area contributed by atoms with Gasteiger partial charge in [-0.1, -0.05) is 24.3 Å². The van der Waals surface area contributed by atoms with Gasteiger partial charge in [0.05, 0.1) is 13.1 Å². The third kappa shape index (κ3) is 3.63. The van der Waals surface area contributed by atoms with Crippen molar-refractivity contribution in [2.24, 2.45) is 0 Å². The van der Waals surface area contributed by atoms with Crippen molar-refractivity contribution in [2.75, 3.05) is 0 Å². The molecule has 6 heteroatoms. The first-order valence-corrected chi connectivity index (χ1v) is 8.33. The molecule has 1 aromatic heterocycles. The van der Waals surface area contributed by atoms with E-state index in [0.29, 0.717) is 5.69 Å². The third-order valence-electron chi connectivity index (χ3n) is 4.37. The van der Waals surface area contributed by atoms with Crippen LogP contribution in [0.2, 0.25) is 0 Å². The lowest BCUT2D eigenvalue weighted by molar-refractivity contribution is -0.136. The maximum Gasteiger partial charge on any atom is 0.190 e. The minimum Gasteiger partial charge on any atom is -0.380 e. The number of hydrogen-bond donors (Lipinski definition) is 1. The molecule has 0 saturated carbocycles. The number of aromatic nitrogens is 3. The molecule has 3 aromatic rings. The Kier molecular flexibility index (Phi) is 4.58. The molecule has 6 nitrogen and oxygen atoms in total. The molecule has 0 radical (unpaired) electrons. The fourth-order valence-corrected chi connectivity index (χ4v) is 2.83. The topological polar surface area (TPSA) is 72.4 Å². The minimum absolute atomic E-state index is 0.0152. The highest BCUT2D eigenvalue weighted by Gasteiger charge is 2.31. The van der Waals surface area contributed by atoms with E-state index in [4.69, 9.17) is 6.57 Å². The fourth-order valence-electron chi connectivity index (χ4n) is 2.83. The van der Waals surface area contributed by atoms with Gasteiger partial charge in [-0.3, -0.25) is 4.79 Å². The summed E-state index contributed by atoms with van der Waals surface area (Å²) in [6, 6.07) is 11.0. The number of ketones is 1. The molecule has 0 amide bonds. The number of carbonyl (C=O) groups excluding carboxylic acids is 1. The fraction of sp³-hybridized carbons (Fsp3) is 0.300. The molecule has 2 aromatic carbocycles. The third-order valence-corrected chi connectivity index (χ3v) is 4.37. The van der Waals surface area contributed by atoms with Crippen molar-refractivity contribution in [2.45, 2.75) is 39.3 Å². The predicted octanol–water partition coefficient (Wildman–Crippen LogP) is 3.16. The summed E-state index contributed by atoms with van der Waals surface area (Å²) >= 11 is 0. The van der Waals surface area contributed by atoms with E-state index in [1.165, 1.54) is 11.7 Å². The molecular weight excluding hydrogens is 328 g/mol. The van der Waals surface area contributed by atoms with Gasteiger partial charge in [-0.05, 0) is 49.6 Å². The molecule has 132 valence electrons. The molecule has 0 saturated heterocycles. The second-order valence-corrected chi connectivity index (χ2v) is 6.83. The van der Waals surface area contributed by atoms with E-state index in [9.17, 15) is 9.90 Å². The van der Waals surface area contributed by atoms with E-state index >= 15 is 0 Å². The van der Waals surface area contributed by atoms with Crippen LogP contribution in [0.15, 0.2) is 36.4 Å². The number of aliphatic hydroxyl groups is 1. The van der Waals surface area contributed by atoms with Crippen molar-refractivity contribution in [3.63, 3.8) is 0 Å². The van der Waals surface area contributed by atoms with Gasteiger partial charge in [0.2, 0.25) is 0 Å². The highest BCUT2D eigenvalue weighted by atomic mass is 16.3. The Morgan fingerprint density at radius 2 is 1.92 bits per heavy atom. The monoisotopic (exact) mass is 348 g/mol.